The van der Waals surface area contributed by atoms with E-state index in [1.165, 1.54) is 18.3 Å². The van der Waals surface area contributed by atoms with Crippen molar-refractivity contribution in [2.45, 2.75) is 5.25 Å². The van der Waals surface area contributed by atoms with Crippen molar-refractivity contribution in [2.24, 2.45) is 0 Å². The number of thiol groups is 1. The van der Waals surface area contributed by atoms with Crippen LogP contribution in [0.5, 0.6) is 0 Å². The predicted octanol–water partition coefficient (Wildman–Crippen LogP) is 0.376. The van der Waals surface area contributed by atoms with E-state index in [4.69, 9.17) is 5.11 Å². The second kappa shape index (κ2) is 3.44. The highest BCUT2D eigenvalue weighted by atomic mass is 32.1. The van der Waals surface area contributed by atoms with Crippen LogP contribution in [0.15, 0.2) is 24.4 Å². The smallest absolute Gasteiger partial charge is 0.327 e. The van der Waals surface area contributed by atoms with Crippen molar-refractivity contribution in [1.29, 1.82) is 0 Å². The molecule has 64 valence electrons. The minimum atomic E-state index is -1.13. The third-order valence-electron chi connectivity index (χ3n) is 1.37. The highest BCUT2D eigenvalue weighted by molar-refractivity contribution is 7.81. The van der Waals surface area contributed by atoms with Gasteiger partial charge in [0.2, 0.25) is 5.69 Å². The maximum Gasteiger partial charge on any atom is 0.327 e. The van der Waals surface area contributed by atoms with Crippen molar-refractivity contribution in [3.05, 3.63) is 35.3 Å². The van der Waals surface area contributed by atoms with Crippen molar-refractivity contribution in [3.8, 4) is 0 Å². The number of carboxylic acid groups (broad SMARTS) is 1. The average Bonchev–Trinajstić information content (AvgIpc) is 2.04. The van der Waals surface area contributed by atoms with Crippen molar-refractivity contribution < 1.29 is 14.6 Å². The molecule has 0 spiro atoms. The first-order valence-corrected chi connectivity index (χ1v) is 3.73. The molecule has 5 heteroatoms. The highest BCUT2D eigenvalue weighted by Crippen LogP contribution is 2.15. The molecule has 0 saturated heterocycles. The van der Waals surface area contributed by atoms with Crippen molar-refractivity contribution in [3.63, 3.8) is 0 Å². The van der Waals surface area contributed by atoms with Gasteiger partial charge in [0, 0.05) is 12.1 Å². The SMILES string of the molecule is O=C(O)C(S)c1cccc[n+]1[O-]. The first-order chi connectivity index (χ1) is 5.63. The van der Waals surface area contributed by atoms with Crippen molar-refractivity contribution >= 4 is 18.6 Å². The molecule has 1 heterocycles. The lowest BCUT2D eigenvalue weighted by Gasteiger charge is -2.05. The van der Waals surface area contributed by atoms with Gasteiger partial charge in [-0.1, -0.05) is 0 Å². The second-order valence-corrected chi connectivity index (χ2v) is 2.71. The Bertz CT molecular complexity index is 302. The zero-order valence-corrected chi connectivity index (χ0v) is 6.94. The lowest BCUT2D eigenvalue weighted by Crippen LogP contribution is -2.33. The van der Waals surface area contributed by atoms with E-state index in [0.717, 1.165) is 0 Å². The highest BCUT2D eigenvalue weighted by Gasteiger charge is 2.21. The molecule has 0 aliphatic rings. The van der Waals surface area contributed by atoms with Gasteiger partial charge in [-0.2, -0.15) is 17.4 Å². The molecule has 0 aliphatic carbocycles. The Hall–Kier alpha value is -1.23. The molecule has 1 N–H and O–H groups in total. The number of carbonyl (C=O) groups is 1. The van der Waals surface area contributed by atoms with Gasteiger partial charge >= 0.3 is 5.97 Å². The molecule has 0 aromatic carbocycles. The molecule has 4 nitrogen and oxygen atoms in total. The van der Waals surface area contributed by atoms with E-state index < -0.39 is 11.2 Å². The van der Waals surface area contributed by atoms with E-state index in [0.29, 0.717) is 4.73 Å². The third kappa shape index (κ3) is 1.68. The predicted molar refractivity (Wildman–Crippen MR) is 44.8 cm³/mol. The molecule has 0 radical (unpaired) electrons. The van der Waals surface area contributed by atoms with E-state index in [1.54, 1.807) is 6.07 Å². The van der Waals surface area contributed by atoms with Crippen LogP contribution >= 0.6 is 12.6 Å². The fourth-order valence-corrected chi connectivity index (χ4v) is 0.980. The molecule has 0 bridgehead atoms. The molecule has 0 fully saturated rings. The lowest BCUT2D eigenvalue weighted by atomic mass is 10.3. The zero-order valence-electron chi connectivity index (χ0n) is 6.04. The van der Waals surface area contributed by atoms with Gasteiger partial charge in [0.05, 0.1) is 0 Å². The summed E-state index contributed by atoms with van der Waals surface area (Å²) < 4.78 is 0.492. The number of nitrogens with zero attached hydrogens (tertiary/aromatic N) is 1. The average molecular weight is 185 g/mol. The zero-order chi connectivity index (χ0) is 9.14. The van der Waals surface area contributed by atoms with Crippen LogP contribution in [0, 0.1) is 5.21 Å². The van der Waals surface area contributed by atoms with Gasteiger partial charge in [-0.25, -0.2) is 0 Å². The third-order valence-corrected chi connectivity index (χ3v) is 1.85. The van der Waals surface area contributed by atoms with E-state index in [9.17, 15) is 10.0 Å². The Balaban J connectivity index is 3.02. The summed E-state index contributed by atoms with van der Waals surface area (Å²) in [6, 6.07) is 4.55. The Labute approximate surface area is 74.5 Å². The van der Waals surface area contributed by atoms with E-state index >= 15 is 0 Å². The monoisotopic (exact) mass is 185 g/mol. The van der Waals surface area contributed by atoms with Crippen LogP contribution in [0.25, 0.3) is 0 Å². The van der Waals surface area contributed by atoms with E-state index in [1.807, 2.05) is 0 Å². The number of pyridine rings is 1. The Morgan fingerprint density at radius 3 is 2.83 bits per heavy atom. The summed E-state index contributed by atoms with van der Waals surface area (Å²) in [6.07, 6.45) is 1.24. The van der Waals surface area contributed by atoms with Gasteiger partial charge in [0.25, 0.3) is 0 Å². The van der Waals surface area contributed by atoms with Crippen LogP contribution in [-0.2, 0) is 4.79 Å². The number of carboxylic acids is 1. The van der Waals surface area contributed by atoms with E-state index in [-0.39, 0.29) is 5.69 Å². The standard InChI is InChI=1S/C7H7NO3S/c9-7(10)6(12)5-3-1-2-4-8(5)11/h1-4,6,12H,(H,9,10). The van der Waals surface area contributed by atoms with Crippen molar-refractivity contribution in [1.82, 2.24) is 0 Å². The maximum absolute atomic E-state index is 11.0. The van der Waals surface area contributed by atoms with Gasteiger partial charge in [-0.3, -0.25) is 4.79 Å². The number of hydrogen-bond donors (Lipinski definition) is 2. The van der Waals surface area contributed by atoms with Gasteiger partial charge in [0.1, 0.15) is 0 Å². The lowest BCUT2D eigenvalue weighted by molar-refractivity contribution is -0.613. The number of aliphatic carboxylic acids is 1. The Morgan fingerprint density at radius 2 is 2.33 bits per heavy atom. The van der Waals surface area contributed by atoms with Crippen LogP contribution in [-0.4, -0.2) is 11.1 Å². The molecule has 1 atom stereocenters. The summed E-state index contributed by atoms with van der Waals surface area (Å²) >= 11 is 3.76. The van der Waals surface area contributed by atoms with E-state index in [2.05, 4.69) is 12.6 Å². The minimum Gasteiger partial charge on any atom is -0.618 e. The molecule has 1 rings (SSSR count). The number of aromatic nitrogens is 1. The largest absolute Gasteiger partial charge is 0.618 e. The summed E-state index contributed by atoms with van der Waals surface area (Å²) in [6.45, 7) is 0. The molecular weight excluding hydrogens is 178 g/mol. The van der Waals surface area contributed by atoms with Crippen LogP contribution in [0.4, 0.5) is 0 Å². The molecule has 1 unspecified atom stereocenters. The molecule has 0 saturated carbocycles. The van der Waals surface area contributed by atoms with Gasteiger partial charge in [-0.15, -0.1) is 0 Å². The first-order valence-electron chi connectivity index (χ1n) is 3.22. The Morgan fingerprint density at radius 1 is 1.67 bits per heavy atom. The summed E-state index contributed by atoms with van der Waals surface area (Å²) in [4.78, 5) is 10.4. The topological polar surface area (TPSA) is 64.2 Å². The molecule has 0 amide bonds. The van der Waals surface area contributed by atoms with Gasteiger partial charge < -0.3 is 10.3 Å². The Kier molecular flexibility index (Phi) is 2.54. The summed E-state index contributed by atoms with van der Waals surface area (Å²) in [7, 11) is 0. The van der Waals surface area contributed by atoms with Crippen molar-refractivity contribution in [2.75, 3.05) is 0 Å². The summed E-state index contributed by atoms with van der Waals surface area (Å²) in [5.41, 5.74) is 0.119. The maximum atomic E-state index is 11.0. The van der Waals surface area contributed by atoms with Crippen LogP contribution in [0.3, 0.4) is 0 Å². The van der Waals surface area contributed by atoms with Crippen LogP contribution in [0.1, 0.15) is 10.9 Å². The van der Waals surface area contributed by atoms with Crippen LogP contribution in [0.2, 0.25) is 0 Å². The molecular formula is C7H7NO3S. The summed E-state index contributed by atoms with van der Waals surface area (Å²) in [5, 5.41) is 18.4. The van der Waals surface area contributed by atoms with Crippen LogP contribution < -0.4 is 4.73 Å². The molecule has 12 heavy (non-hydrogen) atoms. The molecule has 1 aromatic rings. The first kappa shape index (κ1) is 8.86. The minimum absolute atomic E-state index is 0.119. The molecule has 0 aliphatic heterocycles. The second-order valence-electron chi connectivity index (χ2n) is 2.19. The summed E-state index contributed by atoms with van der Waals surface area (Å²) in [5.74, 6) is -1.13. The molecule has 1 aromatic heterocycles. The fraction of sp³-hybridized carbons (Fsp3) is 0.143. The quantitative estimate of drug-likeness (QED) is 0.397. The number of hydrogen-bond acceptors (Lipinski definition) is 3. The van der Waals surface area contributed by atoms with Gasteiger partial charge in [0.15, 0.2) is 11.4 Å². The van der Waals surface area contributed by atoms with Gasteiger partial charge in [-0.05, 0) is 6.07 Å². The fourth-order valence-electron chi connectivity index (χ4n) is 0.780. The number of rotatable bonds is 2. The normalized spacial score (nSPS) is 12.4.